The first-order valence-corrected chi connectivity index (χ1v) is 7.01. The van der Waals surface area contributed by atoms with Gasteiger partial charge in [-0.3, -0.25) is 20.0 Å². The number of likely N-dealkylation sites (N-methyl/N-ethyl adjacent to an activating group) is 1. The zero-order valence-corrected chi connectivity index (χ0v) is 12.6. The van der Waals surface area contributed by atoms with Gasteiger partial charge in [0.05, 0.1) is 11.0 Å². The van der Waals surface area contributed by atoms with Crippen molar-refractivity contribution >= 4 is 5.69 Å². The molecule has 0 amide bonds. The summed E-state index contributed by atoms with van der Waals surface area (Å²) in [7, 11) is 1.90. The number of nitrogens with zero attached hydrogens (tertiary/aromatic N) is 3. The molecule has 1 heterocycles. The molecule has 0 radical (unpaired) electrons. The minimum atomic E-state index is -0.788. The number of aliphatic hydroxyl groups excluding tert-OH is 1. The zero-order chi connectivity index (χ0) is 16.1. The average Bonchev–Trinajstić information content (AvgIpc) is 2.54. The maximum Gasteiger partial charge on any atom is 0.269 e. The SMILES string of the molecule is CC(c1cccnc1)N(C)CC(O)c1cccc([N+](=O)[O-])c1. The second-order valence-corrected chi connectivity index (χ2v) is 5.27. The van der Waals surface area contributed by atoms with Gasteiger partial charge in [-0.05, 0) is 31.2 Å². The number of pyridine rings is 1. The summed E-state index contributed by atoms with van der Waals surface area (Å²) in [5.41, 5.74) is 1.58. The first-order valence-electron chi connectivity index (χ1n) is 7.01. The van der Waals surface area contributed by atoms with Gasteiger partial charge in [0, 0.05) is 37.1 Å². The van der Waals surface area contributed by atoms with Crippen LogP contribution in [0.3, 0.4) is 0 Å². The van der Waals surface area contributed by atoms with E-state index in [9.17, 15) is 15.2 Å². The number of benzene rings is 1. The molecule has 0 saturated carbocycles. The molecule has 1 aromatic heterocycles. The normalized spacial score (nSPS) is 13.8. The van der Waals surface area contributed by atoms with Gasteiger partial charge in [-0.25, -0.2) is 0 Å². The minimum Gasteiger partial charge on any atom is -0.387 e. The van der Waals surface area contributed by atoms with Gasteiger partial charge in [0.25, 0.3) is 5.69 Å². The predicted octanol–water partition coefficient (Wildman–Crippen LogP) is 2.72. The van der Waals surface area contributed by atoms with Crippen LogP contribution in [-0.2, 0) is 0 Å². The fraction of sp³-hybridized carbons (Fsp3) is 0.312. The summed E-state index contributed by atoms with van der Waals surface area (Å²) >= 11 is 0. The lowest BCUT2D eigenvalue weighted by Gasteiger charge is -2.27. The molecule has 2 aromatic rings. The van der Waals surface area contributed by atoms with Gasteiger partial charge in [-0.15, -0.1) is 0 Å². The third kappa shape index (κ3) is 3.87. The van der Waals surface area contributed by atoms with Crippen molar-refractivity contribution in [2.45, 2.75) is 19.1 Å². The van der Waals surface area contributed by atoms with Gasteiger partial charge < -0.3 is 5.11 Å². The fourth-order valence-corrected chi connectivity index (χ4v) is 2.26. The van der Waals surface area contributed by atoms with Crippen LogP contribution in [0.2, 0.25) is 0 Å². The highest BCUT2D eigenvalue weighted by atomic mass is 16.6. The Bertz CT molecular complexity index is 634. The Morgan fingerprint density at radius 3 is 2.68 bits per heavy atom. The predicted molar refractivity (Wildman–Crippen MR) is 83.3 cm³/mol. The number of nitro benzene ring substituents is 1. The molecule has 6 heteroatoms. The Kier molecular flexibility index (Phi) is 5.19. The second-order valence-electron chi connectivity index (χ2n) is 5.27. The summed E-state index contributed by atoms with van der Waals surface area (Å²) in [6.07, 6.45) is 2.72. The first kappa shape index (κ1) is 16.1. The van der Waals surface area contributed by atoms with Gasteiger partial charge in [-0.1, -0.05) is 18.2 Å². The highest BCUT2D eigenvalue weighted by Gasteiger charge is 2.18. The third-order valence-corrected chi connectivity index (χ3v) is 3.75. The van der Waals surface area contributed by atoms with Crippen molar-refractivity contribution in [3.63, 3.8) is 0 Å². The molecule has 1 aromatic carbocycles. The molecule has 0 saturated heterocycles. The van der Waals surface area contributed by atoms with Crippen LogP contribution in [0.25, 0.3) is 0 Å². The van der Waals surface area contributed by atoms with E-state index in [2.05, 4.69) is 4.98 Å². The number of hydrogen-bond donors (Lipinski definition) is 1. The van der Waals surface area contributed by atoms with Gasteiger partial charge in [0.2, 0.25) is 0 Å². The van der Waals surface area contributed by atoms with E-state index >= 15 is 0 Å². The molecule has 0 fully saturated rings. The van der Waals surface area contributed by atoms with Gasteiger partial charge in [0.1, 0.15) is 0 Å². The lowest BCUT2D eigenvalue weighted by Crippen LogP contribution is -2.27. The van der Waals surface area contributed by atoms with E-state index in [-0.39, 0.29) is 11.7 Å². The Balaban J connectivity index is 2.06. The molecule has 2 rings (SSSR count). The summed E-state index contributed by atoms with van der Waals surface area (Å²) in [6.45, 7) is 2.40. The Morgan fingerprint density at radius 1 is 1.32 bits per heavy atom. The molecular formula is C16H19N3O3. The standard InChI is InChI=1S/C16H19N3O3/c1-12(14-6-4-8-17-10-14)18(2)11-16(20)13-5-3-7-15(9-13)19(21)22/h3-10,12,16,20H,11H2,1-2H3. The van der Waals surface area contributed by atoms with Crippen molar-refractivity contribution in [2.24, 2.45) is 0 Å². The molecule has 0 aliphatic heterocycles. The average molecular weight is 301 g/mol. The molecule has 0 aliphatic rings. The van der Waals surface area contributed by atoms with Crippen LogP contribution in [0.1, 0.15) is 30.2 Å². The van der Waals surface area contributed by atoms with E-state index in [0.29, 0.717) is 12.1 Å². The molecule has 0 spiro atoms. The van der Waals surface area contributed by atoms with Crippen molar-refractivity contribution < 1.29 is 10.0 Å². The lowest BCUT2D eigenvalue weighted by atomic mass is 10.1. The number of rotatable bonds is 6. The maximum atomic E-state index is 10.8. The minimum absolute atomic E-state index is 0.0143. The molecule has 1 N–H and O–H groups in total. The van der Waals surface area contributed by atoms with E-state index in [0.717, 1.165) is 5.56 Å². The van der Waals surface area contributed by atoms with Crippen LogP contribution in [0.5, 0.6) is 0 Å². The van der Waals surface area contributed by atoms with E-state index in [4.69, 9.17) is 0 Å². The van der Waals surface area contributed by atoms with Crippen LogP contribution in [0.4, 0.5) is 5.69 Å². The summed E-state index contributed by atoms with van der Waals surface area (Å²) in [4.78, 5) is 16.4. The van der Waals surface area contributed by atoms with Crippen LogP contribution in [0, 0.1) is 10.1 Å². The zero-order valence-electron chi connectivity index (χ0n) is 12.6. The summed E-state index contributed by atoms with van der Waals surface area (Å²) in [5.74, 6) is 0. The van der Waals surface area contributed by atoms with Gasteiger partial charge >= 0.3 is 0 Å². The van der Waals surface area contributed by atoms with Crippen molar-refractivity contribution in [3.05, 3.63) is 70.0 Å². The van der Waals surface area contributed by atoms with Crippen LogP contribution < -0.4 is 0 Å². The largest absolute Gasteiger partial charge is 0.387 e. The number of hydrogen-bond acceptors (Lipinski definition) is 5. The van der Waals surface area contributed by atoms with Crippen molar-refractivity contribution in [1.82, 2.24) is 9.88 Å². The first-order chi connectivity index (χ1) is 10.5. The van der Waals surface area contributed by atoms with E-state index in [1.807, 2.05) is 31.0 Å². The smallest absolute Gasteiger partial charge is 0.269 e. The highest BCUT2D eigenvalue weighted by molar-refractivity contribution is 5.35. The van der Waals surface area contributed by atoms with E-state index in [1.165, 1.54) is 12.1 Å². The number of aromatic nitrogens is 1. The number of non-ortho nitro benzene ring substituents is 1. The number of aliphatic hydroxyl groups is 1. The van der Waals surface area contributed by atoms with Crippen molar-refractivity contribution in [1.29, 1.82) is 0 Å². The van der Waals surface area contributed by atoms with Crippen LogP contribution in [0.15, 0.2) is 48.8 Å². The summed E-state index contributed by atoms with van der Waals surface area (Å²) < 4.78 is 0. The highest BCUT2D eigenvalue weighted by Crippen LogP contribution is 2.23. The Morgan fingerprint density at radius 2 is 2.05 bits per heavy atom. The monoisotopic (exact) mass is 301 g/mol. The lowest BCUT2D eigenvalue weighted by molar-refractivity contribution is -0.385. The molecule has 0 bridgehead atoms. The topological polar surface area (TPSA) is 79.5 Å². The quantitative estimate of drug-likeness (QED) is 0.655. The van der Waals surface area contributed by atoms with Gasteiger partial charge in [0.15, 0.2) is 0 Å². The molecule has 2 atom stereocenters. The molecule has 116 valence electrons. The van der Waals surface area contributed by atoms with Crippen molar-refractivity contribution in [2.75, 3.05) is 13.6 Å². The Labute approximate surface area is 129 Å². The fourth-order valence-electron chi connectivity index (χ4n) is 2.26. The molecule has 22 heavy (non-hydrogen) atoms. The third-order valence-electron chi connectivity index (χ3n) is 3.75. The molecule has 0 aliphatic carbocycles. The molecule has 2 unspecified atom stereocenters. The van der Waals surface area contributed by atoms with Crippen molar-refractivity contribution in [3.8, 4) is 0 Å². The molecular weight excluding hydrogens is 282 g/mol. The number of nitro groups is 1. The van der Waals surface area contributed by atoms with E-state index < -0.39 is 11.0 Å². The van der Waals surface area contributed by atoms with Crippen LogP contribution in [-0.4, -0.2) is 33.5 Å². The van der Waals surface area contributed by atoms with Gasteiger partial charge in [-0.2, -0.15) is 0 Å². The maximum absolute atomic E-state index is 10.8. The Hall–Kier alpha value is -2.31. The van der Waals surface area contributed by atoms with Crippen LogP contribution >= 0.6 is 0 Å². The summed E-state index contributed by atoms with van der Waals surface area (Å²) in [6, 6.07) is 10.0. The molecule has 6 nitrogen and oxygen atoms in total. The second kappa shape index (κ2) is 7.11. The van der Waals surface area contributed by atoms with E-state index in [1.54, 1.807) is 24.5 Å². The summed E-state index contributed by atoms with van der Waals surface area (Å²) in [5, 5.41) is 21.1.